The molecule has 2 N–H and O–H groups in total. The first-order chi connectivity index (χ1) is 22.1. The van der Waals surface area contributed by atoms with E-state index in [1.54, 1.807) is 13.0 Å². The van der Waals surface area contributed by atoms with Gasteiger partial charge in [-0.1, -0.05) is 6.92 Å². The van der Waals surface area contributed by atoms with Gasteiger partial charge in [0.25, 0.3) is 0 Å². The number of esters is 4. The van der Waals surface area contributed by atoms with Gasteiger partial charge in [0, 0.05) is 48.9 Å². The molecule has 16 atom stereocenters. The molecule has 7 fully saturated rings. The van der Waals surface area contributed by atoms with E-state index in [4.69, 9.17) is 42.6 Å². The second-order valence-corrected chi connectivity index (χ2v) is 14.8. The van der Waals surface area contributed by atoms with Gasteiger partial charge in [-0.2, -0.15) is 0 Å². The molecular formula is C32H40O15. The van der Waals surface area contributed by atoms with Crippen LogP contribution < -0.4 is 0 Å². The molecule has 15 nitrogen and oxygen atoms in total. The van der Waals surface area contributed by atoms with Crippen molar-refractivity contribution in [1.29, 1.82) is 0 Å². The minimum Gasteiger partial charge on any atom is -0.469 e. The van der Waals surface area contributed by atoms with Crippen LogP contribution in [0.3, 0.4) is 0 Å². The van der Waals surface area contributed by atoms with Gasteiger partial charge in [0.05, 0.1) is 52.0 Å². The lowest BCUT2D eigenvalue weighted by atomic mass is 9.38. The van der Waals surface area contributed by atoms with E-state index in [1.807, 2.05) is 6.92 Å². The van der Waals surface area contributed by atoms with Crippen molar-refractivity contribution in [2.75, 3.05) is 27.4 Å². The van der Waals surface area contributed by atoms with Gasteiger partial charge in [-0.25, -0.2) is 4.79 Å². The molecule has 5 aliphatic heterocycles. The van der Waals surface area contributed by atoms with Crippen molar-refractivity contribution < 1.29 is 72.0 Å². The average Bonchev–Trinajstić information content (AvgIpc) is 3.45. The van der Waals surface area contributed by atoms with Gasteiger partial charge in [-0.05, 0) is 19.4 Å². The van der Waals surface area contributed by atoms with Crippen LogP contribution in [0.5, 0.6) is 0 Å². The maximum Gasteiger partial charge on any atom is 0.335 e. The predicted molar refractivity (Wildman–Crippen MR) is 149 cm³/mol. The van der Waals surface area contributed by atoms with Crippen LogP contribution in [0.15, 0.2) is 12.3 Å². The summed E-state index contributed by atoms with van der Waals surface area (Å²) in [6, 6.07) is 0. The molecule has 15 heteroatoms. The molecule has 3 aliphatic carbocycles. The Morgan fingerprint density at radius 1 is 0.915 bits per heavy atom. The van der Waals surface area contributed by atoms with Gasteiger partial charge in [0.1, 0.15) is 28.8 Å². The number of hydrogen-bond donors (Lipinski definition) is 2. The Bertz CT molecular complexity index is 1480. The molecule has 0 aromatic rings. The summed E-state index contributed by atoms with van der Waals surface area (Å²) < 4.78 is 54.0. The summed E-state index contributed by atoms with van der Waals surface area (Å²) in [6.07, 6.45) is -4.72. The smallest absolute Gasteiger partial charge is 0.335 e. The first-order valence-electron chi connectivity index (χ1n) is 16.0. The van der Waals surface area contributed by atoms with Crippen molar-refractivity contribution in [3.05, 3.63) is 12.3 Å². The highest BCUT2D eigenvalue weighted by Crippen LogP contribution is 2.82. The van der Waals surface area contributed by atoms with Crippen LogP contribution in [-0.4, -0.2) is 121 Å². The molecule has 0 amide bonds. The highest BCUT2D eigenvalue weighted by atomic mass is 16.7. The molecule has 4 saturated heterocycles. The Labute approximate surface area is 270 Å². The number of carbonyl (C=O) groups excluding carboxylic acids is 4. The topological polar surface area (TPSA) is 195 Å². The number of methoxy groups -OCH3 is 2. The highest BCUT2D eigenvalue weighted by Gasteiger charge is 2.95. The zero-order chi connectivity index (χ0) is 33.7. The number of carbonyl (C=O) groups is 4. The van der Waals surface area contributed by atoms with E-state index in [0.717, 1.165) is 0 Å². The van der Waals surface area contributed by atoms with Crippen molar-refractivity contribution in [2.24, 2.45) is 34.0 Å². The molecule has 8 aliphatic rings. The van der Waals surface area contributed by atoms with Crippen molar-refractivity contribution in [2.45, 2.75) is 100 Å². The monoisotopic (exact) mass is 664 g/mol. The fourth-order valence-electron chi connectivity index (χ4n) is 11.9. The van der Waals surface area contributed by atoms with E-state index in [0.29, 0.717) is 6.42 Å². The van der Waals surface area contributed by atoms with E-state index in [1.165, 1.54) is 34.3 Å². The lowest BCUT2D eigenvalue weighted by Gasteiger charge is -2.65. The third-order valence-electron chi connectivity index (χ3n) is 13.4. The van der Waals surface area contributed by atoms with Crippen molar-refractivity contribution in [3.8, 4) is 0 Å². The van der Waals surface area contributed by atoms with Gasteiger partial charge < -0.3 is 52.8 Å². The maximum atomic E-state index is 14.0. The second kappa shape index (κ2) is 9.45. The predicted octanol–water partition coefficient (Wildman–Crippen LogP) is -0.469. The molecule has 0 aromatic carbocycles. The van der Waals surface area contributed by atoms with Crippen LogP contribution in [0.25, 0.3) is 0 Å². The van der Waals surface area contributed by atoms with E-state index in [-0.39, 0.29) is 19.6 Å². The van der Waals surface area contributed by atoms with Gasteiger partial charge >= 0.3 is 23.9 Å². The third-order valence-corrected chi connectivity index (χ3v) is 13.4. The number of aliphatic hydroxyl groups is 2. The molecule has 0 radical (unpaired) electrons. The minimum absolute atomic E-state index is 0.144. The van der Waals surface area contributed by atoms with Crippen LogP contribution in [0.4, 0.5) is 0 Å². The molecule has 2 bridgehead atoms. The van der Waals surface area contributed by atoms with Crippen LogP contribution in [0, 0.1) is 34.0 Å². The first kappa shape index (κ1) is 31.4. The Balaban J connectivity index is 1.37. The molecule has 3 saturated carbocycles. The van der Waals surface area contributed by atoms with Crippen molar-refractivity contribution >= 4 is 23.9 Å². The van der Waals surface area contributed by atoms with Crippen molar-refractivity contribution in [3.63, 3.8) is 0 Å². The number of aliphatic hydroxyl groups excluding tert-OH is 1. The largest absolute Gasteiger partial charge is 0.469 e. The fraction of sp³-hybridized carbons (Fsp3) is 0.812. The standard InChI is InChI=1S/C32H40O15/c1-13(33)44-16-10-17(45-14(2)34)30(25(37)40-6)12-42-19-22(30)29(16)11-43-20(24(36)39-5)21(29)27(3,23(19)35)32-18-9-15(28(32,4)47-32)31(38)7-8-41-26(31)46-18/h7-8,15-23,26,35,38H,9-12H2,1-6H3. The minimum atomic E-state index is -1.66. The van der Waals surface area contributed by atoms with Crippen molar-refractivity contribution in [1.82, 2.24) is 0 Å². The molecule has 5 heterocycles. The first-order valence-corrected chi connectivity index (χ1v) is 16.0. The Hall–Kier alpha value is -2.82. The number of rotatable bonds is 5. The summed E-state index contributed by atoms with van der Waals surface area (Å²) >= 11 is 0. The lowest BCUT2D eigenvalue weighted by molar-refractivity contribution is -0.296. The molecule has 47 heavy (non-hydrogen) atoms. The number of ether oxygens (including phenoxy) is 9. The molecule has 8 rings (SSSR count). The molecule has 0 aromatic heterocycles. The maximum absolute atomic E-state index is 14.0. The van der Waals surface area contributed by atoms with Gasteiger partial charge in [-0.3, -0.25) is 14.4 Å². The summed E-state index contributed by atoms with van der Waals surface area (Å²) in [6.45, 7) is 5.58. The molecule has 16 unspecified atom stereocenters. The zero-order valence-electron chi connectivity index (χ0n) is 27.0. The third kappa shape index (κ3) is 3.25. The lowest BCUT2D eigenvalue weighted by Crippen LogP contribution is -2.77. The summed E-state index contributed by atoms with van der Waals surface area (Å²) in [5, 5.41) is 24.6. The van der Waals surface area contributed by atoms with Gasteiger partial charge in [-0.15, -0.1) is 0 Å². The highest BCUT2D eigenvalue weighted by molar-refractivity contribution is 5.81. The SMILES string of the molecule is COC(=O)C1OCC23C(OC(C)=O)CC(OC(C)=O)C4(C(=O)OC)COC(C42)C(O)C(C)(C24OC2(C)C2CC4OC4OC=CC42O)C13. The van der Waals surface area contributed by atoms with E-state index in [2.05, 4.69) is 0 Å². The Kier molecular flexibility index (Phi) is 6.32. The summed E-state index contributed by atoms with van der Waals surface area (Å²) in [5.41, 5.74) is -8.47. The Morgan fingerprint density at radius 2 is 1.62 bits per heavy atom. The molecule has 1 spiro atoms. The van der Waals surface area contributed by atoms with Crippen LogP contribution >= 0.6 is 0 Å². The van der Waals surface area contributed by atoms with Gasteiger partial charge in [0.15, 0.2) is 11.7 Å². The van der Waals surface area contributed by atoms with E-state index < -0.39 is 118 Å². The van der Waals surface area contributed by atoms with Crippen LogP contribution in [-0.2, 0) is 61.8 Å². The number of hydrogen-bond acceptors (Lipinski definition) is 15. The summed E-state index contributed by atoms with van der Waals surface area (Å²) in [7, 11) is 2.43. The number of epoxide rings is 1. The molecule has 258 valence electrons. The zero-order valence-corrected chi connectivity index (χ0v) is 27.0. The molecular weight excluding hydrogens is 624 g/mol. The quantitative estimate of drug-likeness (QED) is 0.217. The van der Waals surface area contributed by atoms with Crippen LogP contribution in [0.1, 0.15) is 40.5 Å². The van der Waals surface area contributed by atoms with E-state index >= 15 is 0 Å². The summed E-state index contributed by atoms with van der Waals surface area (Å²) in [5.74, 6) is -5.38. The van der Waals surface area contributed by atoms with E-state index in [9.17, 15) is 29.4 Å². The van der Waals surface area contributed by atoms with Crippen LogP contribution in [0.2, 0.25) is 0 Å². The Morgan fingerprint density at radius 3 is 2.28 bits per heavy atom. The summed E-state index contributed by atoms with van der Waals surface area (Å²) in [4.78, 5) is 53.0. The average molecular weight is 665 g/mol. The second-order valence-electron chi connectivity index (χ2n) is 14.8. The number of fused-ring (bicyclic) bond motifs is 7. The fourth-order valence-corrected chi connectivity index (χ4v) is 11.9. The normalized spacial score (nSPS) is 55.5. The van der Waals surface area contributed by atoms with Gasteiger partial charge in [0.2, 0.25) is 6.29 Å².